The molecule has 1 aromatic heterocycles. The van der Waals surface area contributed by atoms with E-state index in [2.05, 4.69) is 30.0 Å². The maximum atomic E-state index is 11.6. The molecule has 1 aromatic carbocycles. The van der Waals surface area contributed by atoms with E-state index in [4.69, 9.17) is 17.3 Å². The summed E-state index contributed by atoms with van der Waals surface area (Å²) in [5, 5.41) is 0.332. The highest BCUT2D eigenvalue weighted by Gasteiger charge is 2.13. The van der Waals surface area contributed by atoms with E-state index in [1.54, 1.807) is 12.1 Å². The van der Waals surface area contributed by atoms with Crippen LogP contribution in [0.25, 0.3) is 0 Å². The summed E-state index contributed by atoms with van der Waals surface area (Å²) < 4.78 is 9.83. The lowest BCUT2D eigenvalue weighted by molar-refractivity contribution is 0.0602. The second-order valence-corrected chi connectivity index (χ2v) is 6.38. The van der Waals surface area contributed by atoms with E-state index in [0.717, 1.165) is 0 Å². The Kier molecular flexibility index (Phi) is 4.56. The number of nitrogens with two attached hydrogens (primary N) is 1. The van der Waals surface area contributed by atoms with E-state index in [1.165, 1.54) is 28.0 Å². The van der Waals surface area contributed by atoms with Crippen LogP contribution in [0.3, 0.4) is 0 Å². The van der Waals surface area contributed by atoms with Crippen molar-refractivity contribution in [2.24, 2.45) is 4.99 Å². The molecule has 0 aliphatic carbocycles. The molecule has 0 radical (unpaired) electrons. The molecule has 0 saturated heterocycles. The van der Waals surface area contributed by atoms with Crippen molar-refractivity contribution in [3.05, 3.63) is 32.0 Å². The van der Waals surface area contributed by atoms with E-state index < -0.39 is 5.97 Å². The van der Waals surface area contributed by atoms with Crippen LogP contribution in [0.2, 0.25) is 5.15 Å². The summed E-state index contributed by atoms with van der Waals surface area (Å²) in [5.74, 6) is -0.514. The molecule has 0 atom stereocenters. The molecule has 0 saturated carbocycles. The highest BCUT2D eigenvalue weighted by Crippen LogP contribution is 2.30. The zero-order valence-electron chi connectivity index (χ0n) is 9.52. The summed E-state index contributed by atoms with van der Waals surface area (Å²) in [6, 6.07) is 3.15. The minimum absolute atomic E-state index is 0.258. The Morgan fingerprint density at radius 1 is 1.58 bits per heavy atom. The van der Waals surface area contributed by atoms with Crippen molar-refractivity contribution in [1.82, 2.24) is 4.37 Å². The topological polar surface area (TPSA) is 77.6 Å². The van der Waals surface area contributed by atoms with Gasteiger partial charge in [0, 0.05) is 20.7 Å². The Labute approximate surface area is 129 Å². The predicted molar refractivity (Wildman–Crippen MR) is 80.1 cm³/mol. The van der Waals surface area contributed by atoms with E-state index in [-0.39, 0.29) is 5.56 Å². The summed E-state index contributed by atoms with van der Waals surface area (Å²) in [4.78, 5) is 15.9. The predicted octanol–water partition coefficient (Wildman–Crippen LogP) is 3.22. The van der Waals surface area contributed by atoms with Gasteiger partial charge in [0.2, 0.25) is 0 Å². The lowest BCUT2D eigenvalue weighted by Gasteiger charge is -2.06. The summed E-state index contributed by atoms with van der Waals surface area (Å²) in [6.07, 6.45) is 0. The summed E-state index contributed by atoms with van der Waals surface area (Å²) in [6.45, 7) is 0. The first kappa shape index (κ1) is 14.4. The van der Waals surface area contributed by atoms with Gasteiger partial charge in [-0.15, -0.1) is 0 Å². The van der Waals surface area contributed by atoms with Gasteiger partial charge in [-0.3, -0.25) is 0 Å². The van der Waals surface area contributed by atoms with E-state index in [9.17, 15) is 4.79 Å². The number of hydrogen-bond donors (Lipinski definition) is 1. The first-order valence-electron chi connectivity index (χ1n) is 4.86. The monoisotopic (exact) mass is 379 g/mol. The highest BCUT2D eigenvalue weighted by atomic mass is 79.9. The second kappa shape index (κ2) is 6.00. The van der Waals surface area contributed by atoms with Crippen LogP contribution in [-0.2, 0) is 4.74 Å². The second-order valence-electron chi connectivity index (χ2n) is 3.34. The van der Waals surface area contributed by atoms with Gasteiger partial charge in [-0.05, 0) is 38.4 Å². The number of benzene rings is 1. The van der Waals surface area contributed by atoms with Crippen LogP contribution in [0, 0.1) is 0 Å². The Balaban J connectivity index is 2.59. The molecule has 5 nitrogen and oxygen atoms in total. The SMILES string of the molecule is COC(=O)c1cc(N=c2ssnc2Cl)c(Br)cc1N. The van der Waals surface area contributed by atoms with Crippen LogP contribution in [0.1, 0.15) is 10.4 Å². The fourth-order valence-electron chi connectivity index (χ4n) is 1.28. The molecule has 1 heterocycles. The third-order valence-electron chi connectivity index (χ3n) is 2.16. The van der Waals surface area contributed by atoms with Crippen molar-refractivity contribution in [3.63, 3.8) is 0 Å². The van der Waals surface area contributed by atoms with Gasteiger partial charge in [-0.1, -0.05) is 11.6 Å². The standard InChI is InChI=1S/C10H7BrClN3O2S2/c1-17-10(16)4-2-7(5(11)3-6(4)13)14-9-8(12)15-19-18-9/h2-3H,13H2,1H3. The minimum Gasteiger partial charge on any atom is -0.465 e. The van der Waals surface area contributed by atoms with Crippen LogP contribution in [0.5, 0.6) is 0 Å². The van der Waals surface area contributed by atoms with Crippen molar-refractivity contribution in [2.45, 2.75) is 0 Å². The zero-order valence-corrected chi connectivity index (χ0v) is 13.5. The number of esters is 1. The molecule has 2 N–H and O–H groups in total. The molecule has 0 unspecified atom stereocenters. The molecule has 19 heavy (non-hydrogen) atoms. The lowest BCUT2D eigenvalue weighted by atomic mass is 10.1. The van der Waals surface area contributed by atoms with Gasteiger partial charge >= 0.3 is 5.97 Å². The molecular weight excluding hydrogens is 374 g/mol. The highest BCUT2D eigenvalue weighted by molar-refractivity contribution is 9.10. The number of nitrogen functional groups attached to an aromatic ring is 1. The third kappa shape index (κ3) is 3.14. The van der Waals surface area contributed by atoms with Crippen LogP contribution in [0.15, 0.2) is 21.6 Å². The molecule has 0 spiro atoms. The Morgan fingerprint density at radius 3 is 2.89 bits per heavy atom. The smallest absolute Gasteiger partial charge is 0.340 e. The fraction of sp³-hybridized carbons (Fsp3) is 0.100. The number of hydrogen-bond acceptors (Lipinski definition) is 7. The first-order valence-corrected chi connectivity index (χ1v) is 8.14. The summed E-state index contributed by atoms with van der Waals surface area (Å²) in [5.41, 5.74) is 6.87. The van der Waals surface area contributed by atoms with Gasteiger partial charge in [-0.2, -0.15) is 4.37 Å². The number of aromatic nitrogens is 1. The average molecular weight is 381 g/mol. The summed E-state index contributed by atoms with van der Waals surface area (Å²) in [7, 11) is 3.88. The number of carbonyl (C=O) groups excluding carboxylic acids is 1. The van der Waals surface area contributed by atoms with E-state index in [1.807, 2.05) is 0 Å². The van der Waals surface area contributed by atoms with Gasteiger partial charge in [0.05, 0.1) is 18.4 Å². The van der Waals surface area contributed by atoms with Crippen LogP contribution in [-0.4, -0.2) is 17.5 Å². The molecule has 100 valence electrons. The Hall–Kier alpha value is -0.960. The lowest BCUT2D eigenvalue weighted by Crippen LogP contribution is -2.05. The minimum atomic E-state index is -0.514. The molecule has 0 fully saturated rings. The third-order valence-corrected chi connectivity index (χ3v) is 4.96. The molecule has 2 aromatic rings. The van der Waals surface area contributed by atoms with Crippen molar-refractivity contribution in [3.8, 4) is 0 Å². The molecule has 0 aliphatic rings. The average Bonchev–Trinajstić information content (AvgIpc) is 2.77. The summed E-state index contributed by atoms with van der Waals surface area (Å²) >= 11 is 9.23. The van der Waals surface area contributed by atoms with Gasteiger partial charge in [-0.25, -0.2) is 9.79 Å². The first-order chi connectivity index (χ1) is 9.02. The number of carbonyl (C=O) groups is 1. The van der Waals surface area contributed by atoms with Crippen molar-refractivity contribution < 1.29 is 9.53 Å². The molecule has 0 aliphatic heterocycles. The number of nitrogens with zero attached hydrogens (tertiary/aromatic N) is 2. The van der Waals surface area contributed by atoms with Crippen molar-refractivity contribution in [2.75, 3.05) is 12.8 Å². The van der Waals surface area contributed by atoms with Gasteiger partial charge in [0.1, 0.15) is 0 Å². The van der Waals surface area contributed by atoms with E-state index in [0.29, 0.717) is 25.7 Å². The molecule has 2 rings (SSSR count). The molecule has 9 heteroatoms. The zero-order chi connectivity index (χ0) is 14.0. The Bertz CT molecular complexity index is 698. The Morgan fingerprint density at radius 2 is 2.32 bits per heavy atom. The molecular formula is C10H7BrClN3O2S2. The molecule has 0 bridgehead atoms. The largest absolute Gasteiger partial charge is 0.465 e. The van der Waals surface area contributed by atoms with Crippen molar-refractivity contribution in [1.29, 1.82) is 0 Å². The van der Waals surface area contributed by atoms with E-state index >= 15 is 0 Å². The number of anilines is 1. The number of halogens is 2. The maximum absolute atomic E-state index is 11.6. The van der Waals surface area contributed by atoms with Gasteiger partial charge in [0.15, 0.2) is 9.82 Å². The van der Waals surface area contributed by atoms with Crippen LogP contribution >= 0.6 is 48.4 Å². The maximum Gasteiger partial charge on any atom is 0.340 e. The molecule has 0 amide bonds. The quantitative estimate of drug-likeness (QED) is 0.493. The van der Waals surface area contributed by atoms with Gasteiger partial charge < -0.3 is 10.5 Å². The fourth-order valence-corrected chi connectivity index (χ4v) is 3.72. The van der Waals surface area contributed by atoms with Crippen LogP contribution in [0.4, 0.5) is 11.4 Å². The van der Waals surface area contributed by atoms with Crippen LogP contribution < -0.4 is 10.4 Å². The normalized spacial score (nSPS) is 11.6. The van der Waals surface area contributed by atoms with Crippen molar-refractivity contribution >= 4 is 65.8 Å². The number of ether oxygens (including phenoxy) is 1. The number of methoxy groups -OCH3 is 1. The van der Waals surface area contributed by atoms with Gasteiger partial charge in [0.25, 0.3) is 0 Å². The number of rotatable bonds is 2.